The first kappa shape index (κ1) is 23.2. The Kier molecular flexibility index (Phi) is 8.71. The number of nitrogens with zero attached hydrogens (tertiary/aromatic N) is 1. The number of ketones is 1. The maximum absolute atomic E-state index is 11.5. The number of carbonyl (C=O) groups is 1. The van der Waals surface area contributed by atoms with Crippen molar-refractivity contribution >= 4 is 22.5 Å². The summed E-state index contributed by atoms with van der Waals surface area (Å²) in [6.45, 7) is 14.5. The van der Waals surface area contributed by atoms with Crippen LogP contribution in [0.2, 0.25) is 0 Å². The van der Waals surface area contributed by atoms with Crippen LogP contribution in [0, 0.1) is 5.41 Å². The van der Waals surface area contributed by atoms with Crippen LogP contribution in [0.5, 0.6) is 0 Å². The minimum Gasteiger partial charge on any atom is -0.399 e. The van der Waals surface area contributed by atoms with Gasteiger partial charge in [-0.15, -0.1) is 0 Å². The Labute approximate surface area is 168 Å². The van der Waals surface area contributed by atoms with Gasteiger partial charge in [0.2, 0.25) is 0 Å². The Morgan fingerprint density at radius 1 is 1.21 bits per heavy atom. The molecule has 0 radical (unpaired) electrons. The Balaban J connectivity index is 0.000000921. The second-order valence-electron chi connectivity index (χ2n) is 6.77. The second kappa shape index (κ2) is 10.5. The van der Waals surface area contributed by atoms with Gasteiger partial charge in [0, 0.05) is 30.0 Å². The predicted molar refractivity (Wildman–Crippen MR) is 121 cm³/mol. The molecule has 0 aromatic carbocycles. The Morgan fingerprint density at radius 3 is 2.54 bits per heavy atom. The van der Waals surface area contributed by atoms with Crippen LogP contribution in [0.15, 0.2) is 53.9 Å². The van der Waals surface area contributed by atoms with Crippen molar-refractivity contribution in [1.29, 1.82) is 0 Å². The first-order chi connectivity index (χ1) is 13.3. The summed E-state index contributed by atoms with van der Waals surface area (Å²) in [4.78, 5) is 18.8. The summed E-state index contributed by atoms with van der Waals surface area (Å²) >= 11 is 0. The lowest BCUT2D eigenvalue weighted by molar-refractivity contribution is 0.101. The molecule has 0 atom stereocenters. The zero-order valence-corrected chi connectivity index (χ0v) is 18.2. The van der Waals surface area contributed by atoms with E-state index in [1.807, 2.05) is 52.0 Å². The third-order valence-corrected chi connectivity index (χ3v) is 3.96. The van der Waals surface area contributed by atoms with Gasteiger partial charge in [-0.2, -0.15) is 0 Å². The van der Waals surface area contributed by atoms with E-state index in [2.05, 4.69) is 41.3 Å². The van der Waals surface area contributed by atoms with Gasteiger partial charge in [0.05, 0.1) is 17.6 Å². The number of Topliss-reactive ketones (excluding diaryl/α,β-unsaturated/α-hetero) is 1. The Morgan fingerprint density at radius 2 is 1.89 bits per heavy atom. The molecule has 2 aromatic heterocycles. The van der Waals surface area contributed by atoms with Crippen molar-refractivity contribution in [2.45, 2.75) is 48.5 Å². The number of nitrogens with two attached hydrogens (primary N) is 1. The maximum Gasteiger partial charge on any atom is 0.176 e. The molecule has 5 nitrogen and oxygen atoms in total. The zero-order chi connectivity index (χ0) is 21.3. The zero-order valence-electron chi connectivity index (χ0n) is 18.2. The minimum atomic E-state index is -0.0339. The normalized spacial score (nSPS) is 14.5. The third-order valence-electron chi connectivity index (χ3n) is 3.96. The fourth-order valence-electron chi connectivity index (χ4n) is 2.75. The molecule has 0 saturated heterocycles. The molecule has 0 bridgehead atoms. The van der Waals surface area contributed by atoms with Gasteiger partial charge >= 0.3 is 0 Å². The number of aromatic nitrogens is 2. The molecule has 0 saturated carbocycles. The number of pyridine rings is 1. The average Bonchev–Trinajstić information content (AvgIpc) is 3.05. The highest BCUT2D eigenvalue weighted by atomic mass is 16.1. The van der Waals surface area contributed by atoms with Crippen LogP contribution in [0.3, 0.4) is 0 Å². The fourth-order valence-corrected chi connectivity index (χ4v) is 2.75. The molecular formula is C23H34N4O. The first-order valence-corrected chi connectivity index (χ1v) is 9.94. The lowest BCUT2D eigenvalue weighted by Gasteiger charge is -2.16. The van der Waals surface area contributed by atoms with Crippen LogP contribution in [0.25, 0.3) is 11.0 Å². The van der Waals surface area contributed by atoms with Crippen LogP contribution in [0.1, 0.15) is 59.0 Å². The maximum atomic E-state index is 11.5. The highest BCUT2D eigenvalue weighted by Gasteiger charge is 2.14. The van der Waals surface area contributed by atoms with E-state index in [4.69, 9.17) is 5.73 Å². The highest BCUT2D eigenvalue weighted by molar-refractivity contribution is 5.97. The van der Waals surface area contributed by atoms with Gasteiger partial charge in [-0.1, -0.05) is 53.7 Å². The standard InChI is InChI=1S/C19H22N4O.2C2H6/c1-12(24)17-8-14-7-16(11-22-18(14)23-17)21-10-13-6-15(20)4-5-19(2,3)9-13;2*1-2/h4-9,11,21H,10,20H2,1-3H3,(H,22,23);2*1-2H3. The first-order valence-electron chi connectivity index (χ1n) is 9.94. The van der Waals surface area contributed by atoms with Crippen molar-refractivity contribution in [1.82, 2.24) is 9.97 Å². The van der Waals surface area contributed by atoms with Gasteiger partial charge in [0.15, 0.2) is 5.78 Å². The molecule has 0 aliphatic heterocycles. The predicted octanol–water partition coefficient (Wildman–Crippen LogP) is 5.59. The van der Waals surface area contributed by atoms with Crippen molar-refractivity contribution in [2.24, 2.45) is 11.1 Å². The van der Waals surface area contributed by atoms with Crippen molar-refractivity contribution in [3.63, 3.8) is 0 Å². The number of anilines is 1. The van der Waals surface area contributed by atoms with Crippen LogP contribution in [-0.4, -0.2) is 22.3 Å². The molecule has 28 heavy (non-hydrogen) atoms. The van der Waals surface area contributed by atoms with Crippen LogP contribution in [0.4, 0.5) is 5.69 Å². The van der Waals surface area contributed by atoms with Gasteiger partial charge in [-0.05, 0) is 29.9 Å². The number of hydrogen-bond acceptors (Lipinski definition) is 4. The van der Waals surface area contributed by atoms with Gasteiger partial charge in [-0.25, -0.2) is 4.98 Å². The number of hydrogen-bond donors (Lipinski definition) is 3. The summed E-state index contributed by atoms with van der Waals surface area (Å²) in [6, 6.07) is 3.81. The van der Waals surface area contributed by atoms with E-state index in [0.717, 1.165) is 22.3 Å². The molecule has 0 amide bonds. The summed E-state index contributed by atoms with van der Waals surface area (Å²) in [7, 11) is 0. The van der Waals surface area contributed by atoms with Crippen molar-refractivity contribution in [3.8, 4) is 0 Å². The summed E-state index contributed by atoms with van der Waals surface area (Å²) in [5.74, 6) is 0.00136. The number of fused-ring (bicyclic) bond motifs is 1. The second-order valence-corrected chi connectivity index (χ2v) is 6.77. The molecule has 5 heteroatoms. The quantitative estimate of drug-likeness (QED) is 0.601. The molecule has 0 spiro atoms. The molecule has 2 heterocycles. The number of aromatic amines is 1. The monoisotopic (exact) mass is 382 g/mol. The van der Waals surface area contributed by atoms with Gasteiger partial charge in [0.1, 0.15) is 5.65 Å². The largest absolute Gasteiger partial charge is 0.399 e. The fraction of sp³-hybridized carbons (Fsp3) is 0.391. The van der Waals surface area contributed by atoms with Crippen molar-refractivity contribution in [3.05, 3.63) is 59.6 Å². The van der Waals surface area contributed by atoms with E-state index in [9.17, 15) is 4.79 Å². The number of H-pyrrole nitrogens is 1. The van der Waals surface area contributed by atoms with E-state index < -0.39 is 0 Å². The van der Waals surface area contributed by atoms with Gasteiger partial charge < -0.3 is 16.0 Å². The highest BCUT2D eigenvalue weighted by Crippen LogP contribution is 2.25. The van der Waals surface area contributed by atoms with Gasteiger partial charge in [-0.3, -0.25) is 4.79 Å². The van der Waals surface area contributed by atoms with E-state index in [-0.39, 0.29) is 11.2 Å². The van der Waals surface area contributed by atoms with E-state index >= 15 is 0 Å². The smallest absolute Gasteiger partial charge is 0.176 e. The van der Waals surface area contributed by atoms with Crippen molar-refractivity contribution in [2.75, 3.05) is 11.9 Å². The van der Waals surface area contributed by atoms with E-state index in [0.29, 0.717) is 17.9 Å². The number of carbonyl (C=O) groups excluding carboxylic acids is 1. The summed E-state index contributed by atoms with van der Waals surface area (Å²) in [6.07, 6.45) is 9.99. The molecule has 0 unspecified atom stereocenters. The van der Waals surface area contributed by atoms with Crippen LogP contribution < -0.4 is 11.1 Å². The van der Waals surface area contributed by atoms with E-state index in [1.165, 1.54) is 6.92 Å². The number of nitrogens with one attached hydrogen (secondary N) is 2. The Bertz CT molecular complexity index is 885. The Hall–Kier alpha value is -2.82. The number of allylic oxidation sites excluding steroid dienone is 3. The molecule has 4 N–H and O–H groups in total. The molecule has 1 aliphatic carbocycles. The topological polar surface area (TPSA) is 83.8 Å². The summed E-state index contributed by atoms with van der Waals surface area (Å²) in [5.41, 5.74) is 10.0. The van der Waals surface area contributed by atoms with Crippen molar-refractivity contribution < 1.29 is 4.79 Å². The average molecular weight is 383 g/mol. The third kappa shape index (κ3) is 6.41. The summed E-state index contributed by atoms with van der Waals surface area (Å²) in [5, 5.41) is 4.29. The SMILES string of the molecule is CC.CC.CC(=O)c1cc2cc(NCC3=CC(C)(C)C=CC(N)=C3)cnc2[nH]1. The molecule has 2 aromatic rings. The van der Waals surface area contributed by atoms with E-state index in [1.54, 1.807) is 6.20 Å². The minimum absolute atomic E-state index is 0.00136. The lowest BCUT2D eigenvalue weighted by Crippen LogP contribution is -2.08. The summed E-state index contributed by atoms with van der Waals surface area (Å²) < 4.78 is 0. The van der Waals surface area contributed by atoms with Crippen LogP contribution >= 0.6 is 0 Å². The van der Waals surface area contributed by atoms with Crippen LogP contribution in [-0.2, 0) is 0 Å². The lowest BCUT2D eigenvalue weighted by atomic mass is 9.91. The molecule has 152 valence electrons. The molecular weight excluding hydrogens is 348 g/mol. The molecule has 0 fully saturated rings. The number of rotatable bonds is 4. The van der Waals surface area contributed by atoms with Gasteiger partial charge in [0.25, 0.3) is 0 Å². The molecule has 1 aliphatic rings. The molecule has 3 rings (SSSR count).